The van der Waals surface area contributed by atoms with E-state index in [4.69, 9.17) is 18.8 Å². The summed E-state index contributed by atoms with van der Waals surface area (Å²) in [4.78, 5) is 10.5. The van der Waals surface area contributed by atoms with Crippen molar-refractivity contribution in [3.8, 4) is 67.5 Å². The fourth-order valence-electron chi connectivity index (χ4n) is 7.93. The van der Waals surface area contributed by atoms with E-state index in [0.717, 1.165) is 89.6 Å². The number of imidazole rings is 1. The molecule has 0 atom stereocenters. The molecular weight excluding hydrogens is 707 g/mol. The Kier molecular flexibility index (Phi) is 8.99. The standard InChI is InChI=1S/C54H53N3O/c1-34-19-21-38(22-20-34)39-23-24-55-48(32-39)42-27-41(29-43(30-42)53(4,5)6)46-17-14-18-49-50(46)56-52(47-26-35(2)25-36(3)51(47)58-10)57(49)45-31-40(37-15-12-11-13-16-37)28-44(33-45)54(7,8)9/h11-33H,1-10H3/i1D3. The molecule has 58 heavy (non-hydrogen) atoms. The van der Waals surface area contributed by atoms with Gasteiger partial charge in [0.05, 0.1) is 29.4 Å². The number of ether oxygens (including phenoxy) is 1. The van der Waals surface area contributed by atoms with Gasteiger partial charge in [0.15, 0.2) is 0 Å². The highest BCUT2D eigenvalue weighted by Gasteiger charge is 2.25. The van der Waals surface area contributed by atoms with Crippen molar-refractivity contribution in [3.63, 3.8) is 0 Å². The van der Waals surface area contributed by atoms with Crippen LogP contribution in [0.3, 0.4) is 0 Å². The predicted octanol–water partition coefficient (Wildman–Crippen LogP) is 14.3. The van der Waals surface area contributed by atoms with Gasteiger partial charge < -0.3 is 4.74 Å². The quantitative estimate of drug-likeness (QED) is 0.162. The average Bonchev–Trinajstić information content (AvgIpc) is 3.62. The fraction of sp³-hybridized carbons (Fsp3) is 0.222. The van der Waals surface area contributed by atoms with E-state index in [1.54, 1.807) is 19.2 Å². The molecule has 6 aromatic carbocycles. The molecule has 0 spiro atoms. The molecule has 0 N–H and O–H groups in total. The molecule has 0 saturated heterocycles. The maximum Gasteiger partial charge on any atom is 0.149 e. The Bertz CT molecular complexity index is 2910. The van der Waals surface area contributed by atoms with Crippen molar-refractivity contribution in [1.29, 1.82) is 0 Å². The summed E-state index contributed by atoms with van der Waals surface area (Å²) in [6.45, 7) is 15.6. The lowest BCUT2D eigenvalue weighted by Crippen LogP contribution is -2.12. The molecule has 0 bridgehead atoms. The van der Waals surface area contributed by atoms with E-state index in [2.05, 4.69) is 163 Å². The Morgan fingerprint density at radius 2 is 1.26 bits per heavy atom. The highest BCUT2D eigenvalue weighted by Crippen LogP contribution is 2.42. The summed E-state index contributed by atoms with van der Waals surface area (Å²) in [6, 6.07) is 46.2. The lowest BCUT2D eigenvalue weighted by molar-refractivity contribution is 0.413. The smallest absolute Gasteiger partial charge is 0.149 e. The molecule has 0 unspecified atom stereocenters. The summed E-state index contributed by atoms with van der Waals surface area (Å²) in [5, 5.41) is 0. The monoisotopic (exact) mass is 762 g/mol. The Hall–Kier alpha value is -6.26. The van der Waals surface area contributed by atoms with Crippen molar-refractivity contribution >= 4 is 11.0 Å². The van der Waals surface area contributed by atoms with Gasteiger partial charge in [-0.05, 0) is 130 Å². The van der Waals surface area contributed by atoms with Crippen LogP contribution in [0.4, 0.5) is 0 Å². The van der Waals surface area contributed by atoms with Crippen LogP contribution in [-0.2, 0) is 10.8 Å². The summed E-state index contributed by atoms with van der Waals surface area (Å²) >= 11 is 0. The number of aromatic nitrogens is 3. The van der Waals surface area contributed by atoms with Gasteiger partial charge in [0.25, 0.3) is 0 Å². The van der Waals surface area contributed by atoms with Gasteiger partial charge >= 0.3 is 0 Å². The van der Waals surface area contributed by atoms with Crippen molar-refractivity contribution in [2.45, 2.75) is 73.1 Å². The zero-order valence-corrected chi connectivity index (χ0v) is 35.0. The average molecular weight is 763 g/mol. The largest absolute Gasteiger partial charge is 0.496 e. The van der Waals surface area contributed by atoms with E-state index in [-0.39, 0.29) is 10.8 Å². The van der Waals surface area contributed by atoms with Gasteiger partial charge in [-0.2, -0.15) is 0 Å². The Morgan fingerprint density at radius 1 is 0.569 bits per heavy atom. The number of methoxy groups -OCH3 is 1. The minimum Gasteiger partial charge on any atom is -0.496 e. The minimum absolute atomic E-state index is 0.116. The first kappa shape index (κ1) is 34.9. The number of fused-ring (bicyclic) bond motifs is 1. The number of hydrogen-bond acceptors (Lipinski definition) is 3. The van der Waals surface area contributed by atoms with Gasteiger partial charge in [0.1, 0.15) is 11.6 Å². The van der Waals surface area contributed by atoms with E-state index in [1.165, 1.54) is 11.1 Å². The molecule has 0 aliphatic heterocycles. The van der Waals surface area contributed by atoms with E-state index < -0.39 is 6.85 Å². The first-order valence-corrected chi connectivity index (χ1v) is 20.0. The van der Waals surface area contributed by atoms with Crippen LogP contribution in [0, 0.1) is 20.7 Å². The van der Waals surface area contributed by atoms with Crippen LogP contribution in [0.25, 0.3) is 72.7 Å². The summed E-state index contributed by atoms with van der Waals surface area (Å²) < 4.78 is 31.9. The highest BCUT2D eigenvalue weighted by atomic mass is 16.5. The summed E-state index contributed by atoms with van der Waals surface area (Å²) in [5.41, 5.74) is 16.5. The van der Waals surface area contributed by atoms with Crippen molar-refractivity contribution in [2.24, 2.45) is 0 Å². The molecule has 0 aliphatic carbocycles. The van der Waals surface area contributed by atoms with Gasteiger partial charge in [-0.25, -0.2) is 4.98 Å². The van der Waals surface area contributed by atoms with Gasteiger partial charge in [-0.1, -0.05) is 132 Å². The van der Waals surface area contributed by atoms with E-state index in [1.807, 2.05) is 24.4 Å². The fourth-order valence-corrected chi connectivity index (χ4v) is 7.93. The number of benzene rings is 6. The Morgan fingerprint density at radius 3 is 1.97 bits per heavy atom. The molecule has 0 aliphatic rings. The van der Waals surface area contributed by atoms with E-state index >= 15 is 0 Å². The number of nitrogens with zero attached hydrogens (tertiary/aromatic N) is 3. The van der Waals surface area contributed by atoms with Crippen LogP contribution in [0.2, 0.25) is 0 Å². The molecule has 0 saturated carbocycles. The molecule has 290 valence electrons. The van der Waals surface area contributed by atoms with Gasteiger partial charge in [0.2, 0.25) is 0 Å². The van der Waals surface area contributed by atoms with Crippen LogP contribution < -0.4 is 4.74 Å². The molecular formula is C54H53N3O. The predicted molar refractivity (Wildman–Crippen MR) is 244 cm³/mol. The summed E-state index contributed by atoms with van der Waals surface area (Å²) in [7, 11) is 1.74. The number of pyridine rings is 1. The molecule has 4 nitrogen and oxygen atoms in total. The van der Waals surface area contributed by atoms with Gasteiger partial charge in [-0.15, -0.1) is 0 Å². The second-order valence-electron chi connectivity index (χ2n) is 17.5. The number of rotatable bonds is 7. The van der Waals surface area contributed by atoms with Gasteiger partial charge in [0, 0.05) is 27.1 Å². The minimum atomic E-state index is -2.15. The molecule has 0 fully saturated rings. The summed E-state index contributed by atoms with van der Waals surface area (Å²) in [5.74, 6) is 1.61. The third-order valence-electron chi connectivity index (χ3n) is 11.1. The van der Waals surface area contributed by atoms with Crippen LogP contribution in [0.5, 0.6) is 5.75 Å². The van der Waals surface area contributed by atoms with Crippen molar-refractivity contribution in [2.75, 3.05) is 7.11 Å². The van der Waals surface area contributed by atoms with Crippen LogP contribution in [-0.4, -0.2) is 21.6 Å². The SMILES string of the molecule is [2H]C([2H])([2H])c1ccc(-c2ccnc(-c3cc(-c4cccc5c4nc(-c4cc(C)cc(C)c4OC)n5-c4cc(-c5ccccc5)cc(C(C)(C)C)c4)cc(C(C)(C)C)c3)c2)cc1. The first-order chi connectivity index (χ1) is 28.9. The highest BCUT2D eigenvalue weighted by molar-refractivity contribution is 5.97. The van der Waals surface area contributed by atoms with Crippen molar-refractivity contribution in [3.05, 3.63) is 167 Å². The molecule has 8 rings (SSSR count). The Balaban J connectivity index is 1.38. The van der Waals surface area contributed by atoms with Gasteiger partial charge in [-0.3, -0.25) is 9.55 Å². The van der Waals surface area contributed by atoms with Crippen molar-refractivity contribution in [1.82, 2.24) is 14.5 Å². The first-order valence-electron chi connectivity index (χ1n) is 21.5. The lowest BCUT2D eigenvalue weighted by Gasteiger charge is -2.23. The topological polar surface area (TPSA) is 39.9 Å². The van der Waals surface area contributed by atoms with Crippen LogP contribution in [0.15, 0.2) is 140 Å². The molecule has 0 radical (unpaired) electrons. The molecule has 4 heteroatoms. The number of hydrogen-bond donors (Lipinski definition) is 0. The second-order valence-corrected chi connectivity index (χ2v) is 17.5. The van der Waals surface area contributed by atoms with Crippen molar-refractivity contribution < 1.29 is 8.85 Å². The molecule has 8 aromatic rings. The maximum atomic E-state index is 7.83. The number of para-hydroxylation sites is 1. The Labute approximate surface area is 348 Å². The number of aryl methyl sites for hydroxylation is 3. The third-order valence-corrected chi connectivity index (χ3v) is 11.1. The third kappa shape index (κ3) is 7.47. The molecule has 2 aromatic heterocycles. The van der Waals surface area contributed by atoms with Crippen LogP contribution >= 0.6 is 0 Å². The second kappa shape index (κ2) is 14.9. The zero-order valence-electron chi connectivity index (χ0n) is 38.0. The lowest BCUT2D eigenvalue weighted by atomic mass is 9.83. The summed E-state index contributed by atoms with van der Waals surface area (Å²) in [6.07, 6.45) is 1.83. The van der Waals surface area contributed by atoms with E-state index in [9.17, 15) is 0 Å². The molecule has 2 heterocycles. The zero-order chi connectivity index (χ0) is 43.4. The van der Waals surface area contributed by atoms with E-state index in [0.29, 0.717) is 5.56 Å². The maximum absolute atomic E-state index is 7.83. The normalized spacial score (nSPS) is 12.9. The molecule has 0 amide bonds. The van der Waals surface area contributed by atoms with Crippen LogP contribution in [0.1, 0.15) is 73.5 Å².